The monoisotopic (exact) mass is 729 g/mol. The lowest BCUT2D eigenvalue weighted by molar-refractivity contribution is 0.668. The molecule has 0 saturated heterocycles. The molecule has 0 radical (unpaired) electrons. The zero-order valence-electron chi connectivity index (χ0n) is 31.1. The summed E-state index contributed by atoms with van der Waals surface area (Å²) in [5.41, 5.74) is 9.65. The van der Waals surface area contributed by atoms with E-state index < -0.39 is 0 Å². The number of fused-ring (bicyclic) bond motifs is 7. The van der Waals surface area contributed by atoms with Gasteiger partial charge in [-0.1, -0.05) is 158 Å². The standard InChI is InChI=1S/C53H35N3O/c1-2-9-34(10-3-1)36-17-19-37(20-18-36)42-27-29-48-47(32-42)51-40(14-8-16-49(51)57-48)28-30-50-54-52(43-25-21-35-11-4-5-13-41(35)31-43)56-53(55-50)44-26-24-39-23-22-38-12-6-7-15-45(38)46(39)33-44/h1-27,29,31-33H,28,30H2. The summed E-state index contributed by atoms with van der Waals surface area (Å²) in [5.74, 6) is 2.10. The Bertz CT molecular complexity index is 3290. The smallest absolute Gasteiger partial charge is 0.163 e. The molecule has 0 unspecified atom stereocenters. The lowest BCUT2D eigenvalue weighted by Crippen LogP contribution is -2.05. The first kappa shape index (κ1) is 33.0. The molecule has 0 aliphatic rings. The fraction of sp³-hybridized carbons (Fsp3) is 0.0377. The van der Waals surface area contributed by atoms with Gasteiger partial charge in [-0.05, 0) is 96.9 Å². The van der Waals surface area contributed by atoms with E-state index in [4.69, 9.17) is 19.4 Å². The highest BCUT2D eigenvalue weighted by atomic mass is 16.3. The SMILES string of the molecule is c1ccc(-c2ccc(-c3ccc4oc5cccc(CCc6nc(-c7ccc8ccccc8c7)nc(-c7ccc8ccc9ccccc9c8c7)n6)c5c4c3)cc2)cc1. The molecule has 4 nitrogen and oxygen atoms in total. The molecule has 268 valence electrons. The van der Waals surface area contributed by atoms with Crippen LogP contribution in [0.1, 0.15) is 11.4 Å². The second-order valence-corrected chi connectivity index (χ2v) is 14.7. The van der Waals surface area contributed by atoms with Gasteiger partial charge in [0.05, 0.1) is 0 Å². The van der Waals surface area contributed by atoms with Gasteiger partial charge in [-0.15, -0.1) is 0 Å². The first-order valence-electron chi connectivity index (χ1n) is 19.5. The van der Waals surface area contributed by atoms with Gasteiger partial charge in [0.15, 0.2) is 11.6 Å². The highest BCUT2D eigenvalue weighted by Crippen LogP contribution is 2.36. The molecule has 0 atom stereocenters. The van der Waals surface area contributed by atoms with Crippen LogP contribution < -0.4 is 0 Å². The molecule has 4 heteroatoms. The highest BCUT2D eigenvalue weighted by molar-refractivity contribution is 6.09. The minimum absolute atomic E-state index is 0.638. The Kier molecular flexibility index (Phi) is 7.92. The summed E-state index contributed by atoms with van der Waals surface area (Å²) >= 11 is 0. The van der Waals surface area contributed by atoms with E-state index >= 15 is 0 Å². The van der Waals surface area contributed by atoms with Gasteiger partial charge in [0.25, 0.3) is 0 Å². The summed E-state index contributed by atoms with van der Waals surface area (Å²) in [7, 11) is 0. The molecular formula is C53H35N3O. The third kappa shape index (κ3) is 6.09. The van der Waals surface area contributed by atoms with Crippen molar-refractivity contribution in [3.05, 3.63) is 199 Å². The van der Waals surface area contributed by atoms with Crippen LogP contribution >= 0.6 is 0 Å². The number of nitrogens with zero attached hydrogens (tertiary/aromatic N) is 3. The summed E-state index contributed by atoms with van der Waals surface area (Å²) in [6.45, 7) is 0. The summed E-state index contributed by atoms with van der Waals surface area (Å²) in [4.78, 5) is 15.4. The molecule has 0 aliphatic heterocycles. The minimum Gasteiger partial charge on any atom is -0.456 e. The van der Waals surface area contributed by atoms with Crippen molar-refractivity contribution in [3.8, 4) is 45.0 Å². The van der Waals surface area contributed by atoms with E-state index in [1.807, 2.05) is 0 Å². The quantitative estimate of drug-likeness (QED) is 0.153. The first-order valence-corrected chi connectivity index (χ1v) is 19.5. The van der Waals surface area contributed by atoms with Crippen LogP contribution in [-0.4, -0.2) is 15.0 Å². The van der Waals surface area contributed by atoms with Crippen LogP contribution in [0.3, 0.4) is 0 Å². The molecule has 11 rings (SSSR count). The van der Waals surface area contributed by atoms with Crippen LogP contribution in [0.2, 0.25) is 0 Å². The number of aromatic nitrogens is 3. The van der Waals surface area contributed by atoms with E-state index in [0.717, 1.165) is 56.3 Å². The lowest BCUT2D eigenvalue weighted by Gasteiger charge is -2.11. The van der Waals surface area contributed by atoms with Gasteiger partial charge in [0.2, 0.25) is 0 Å². The number of rotatable bonds is 7. The van der Waals surface area contributed by atoms with Crippen molar-refractivity contribution < 1.29 is 4.42 Å². The summed E-state index contributed by atoms with van der Waals surface area (Å²) in [6, 6.07) is 66.5. The molecule has 0 saturated carbocycles. The third-order valence-electron chi connectivity index (χ3n) is 11.2. The van der Waals surface area contributed by atoms with Crippen molar-refractivity contribution in [3.63, 3.8) is 0 Å². The maximum Gasteiger partial charge on any atom is 0.163 e. The van der Waals surface area contributed by atoms with E-state index in [2.05, 4.69) is 188 Å². The van der Waals surface area contributed by atoms with E-state index in [9.17, 15) is 0 Å². The summed E-state index contributed by atoms with van der Waals surface area (Å²) in [5, 5.41) is 9.39. The maximum absolute atomic E-state index is 6.43. The molecule has 0 fully saturated rings. The Labute approximate surface area is 329 Å². The predicted molar refractivity (Wildman–Crippen MR) is 235 cm³/mol. The minimum atomic E-state index is 0.638. The van der Waals surface area contributed by atoms with Gasteiger partial charge in [-0.2, -0.15) is 0 Å². The molecule has 0 aliphatic carbocycles. The number of benzene rings is 9. The molecule has 2 heterocycles. The van der Waals surface area contributed by atoms with Crippen LogP contribution in [0.15, 0.2) is 192 Å². The van der Waals surface area contributed by atoms with Gasteiger partial charge in [-0.3, -0.25) is 0 Å². The first-order chi connectivity index (χ1) is 28.2. The van der Waals surface area contributed by atoms with E-state index in [0.29, 0.717) is 18.1 Å². The Hall–Kier alpha value is -7.43. The van der Waals surface area contributed by atoms with Crippen LogP contribution in [-0.2, 0) is 12.8 Å². The Morgan fingerprint density at radius 1 is 0.333 bits per heavy atom. The summed E-state index contributed by atoms with van der Waals surface area (Å²) in [6.07, 6.45) is 1.38. The average Bonchev–Trinajstić information content (AvgIpc) is 3.67. The Balaban J connectivity index is 0.981. The Morgan fingerprint density at radius 2 is 0.912 bits per heavy atom. The normalized spacial score (nSPS) is 11.6. The van der Waals surface area contributed by atoms with Crippen LogP contribution in [0, 0.1) is 0 Å². The Morgan fingerprint density at radius 3 is 1.72 bits per heavy atom. The highest BCUT2D eigenvalue weighted by Gasteiger charge is 2.16. The van der Waals surface area contributed by atoms with Crippen molar-refractivity contribution in [2.24, 2.45) is 0 Å². The maximum atomic E-state index is 6.43. The number of hydrogen-bond acceptors (Lipinski definition) is 4. The third-order valence-corrected chi connectivity index (χ3v) is 11.2. The van der Waals surface area contributed by atoms with Crippen molar-refractivity contribution >= 4 is 54.3 Å². The molecule has 0 bridgehead atoms. The second-order valence-electron chi connectivity index (χ2n) is 14.7. The van der Waals surface area contributed by atoms with Crippen LogP contribution in [0.4, 0.5) is 0 Å². The average molecular weight is 730 g/mol. The van der Waals surface area contributed by atoms with Crippen molar-refractivity contribution in [2.75, 3.05) is 0 Å². The van der Waals surface area contributed by atoms with Crippen LogP contribution in [0.5, 0.6) is 0 Å². The number of aryl methyl sites for hydroxylation is 2. The molecular weight excluding hydrogens is 695 g/mol. The van der Waals surface area contributed by atoms with Crippen molar-refractivity contribution in [1.29, 1.82) is 0 Å². The van der Waals surface area contributed by atoms with Crippen LogP contribution in [0.25, 0.3) is 99.3 Å². The molecule has 0 N–H and O–H groups in total. The summed E-state index contributed by atoms with van der Waals surface area (Å²) < 4.78 is 6.43. The van der Waals surface area contributed by atoms with Crippen molar-refractivity contribution in [2.45, 2.75) is 12.8 Å². The fourth-order valence-corrected chi connectivity index (χ4v) is 8.28. The topological polar surface area (TPSA) is 51.8 Å². The molecule has 0 amide bonds. The lowest BCUT2D eigenvalue weighted by atomic mass is 9.97. The van der Waals surface area contributed by atoms with E-state index in [-0.39, 0.29) is 0 Å². The number of furan rings is 1. The molecule has 2 aromatic heterocycles. The van der Waals surface area contributed by atoms with Gasteiger partial charge in [-0.25, -0.2) is 15.0 Å². The number of hydrogen-bond donors (Lipinski definition) is 0. The predicted octanol–water partition coefficient (Wildman–Crippen LogP) is 13.7. The van der Waals surface area contributed by atoms with E-state index in [1.165, 1.54) is 49.2 Å². The largest absolute Gasteiger partial charge is 0.456 e. The fourth-order valence-electron chi connectivity index (χ4n) is 8.28. The zero-order valence-corrected chi connectivity index (χ0v) is 31.1. The molecule has 11 aromatic rings. The molecule has 9 aromatic carbocycles. The van der Waals surface area contributed by atoms with E-state index in [1.54, 1.807) is 0 Å². The van der Waals surface area contributed by atoms with Gasteiger partial charge in [0.1, 0.15) is 17.0 Å². The van der Waals surface area contributed by atoms with Gasteiger partial charge >= 0.3 is 0 Å². The van der Waals surface area contributed by atoms with Gasteiger partial charge < -0.3 is 4.42 Å². The van der Waals surface area contributed by atoms with Gasteiger partial charge in [0, 0.05) is 28.3 Å². The van der Waals surface area contributed by atoms with Crippen molar-refractivity contribution in [1.82, 2.24) is 15.0 Å². The molecule has 57 heavy (non-hydrogen) atoms. The zero-order chi connectivity index (χ0) is 37.7. The molecule has 0 spiro atoms. The second kappa shape index (κ2) is 13.7.